The first-order chi connectivity index (χ1) is 14.3. The van der Waals surface area contributed by atoms with Crippen LogP contribution in [-0.4, -0.2) is 6.10 Å². The molecule has 6 rings (SSSR count). The van der Waals surface area contributed by atoms with Gasteiger partial charge in [0, 0.05) is 0 Å². The summed E-state index contributed by atoms with van der Waals surface area (Å²) in [6, 6.07) is 4.69. The van der Waals surface area contributed by atoms with E-state index in [1.807, 2.05) is 0 Å². The molecule has 0 amide bonds. The number of rotatable bonds is 3. The average Bonchev–Trinajstić information content (AvgIpc) is 2.73. The molecule has 0 spiro atoms. The normalized spacial score (nSPS) is 28.2. The van der Waals surface area contributed by atoms with Crippen LogP contribution in [0.15, 0.2) is 47.8 Å². The molecule has 0 unspecified atom stereocenters. The minimum Gasteiger partial charge on any atom is -0.491 e. The summed E-state index contributed by atoms with van der Waals surface area (Å²) in [5.74, 6) is 3.15. The second kappa shape index (κ2) is 7.35. The fourth-order valence-electron chi connectivity index (χ4n) is 6.23. The Morgan fingerprint density at radius 1 is 0.828 bits per heavy atom. The number of allylic oxidation sites excluding steroid dienone is 6. The Labute approximate surface area is 174 Å². The topological polar surface area (TPSA) is 9.23 Å². The van der Waals surface area contributed by atoms with E-state index in [0.717, 1.165) is 30.4 Å². The zero-order valence-corrected chi connectivity index (χ0v) is 17.5. The van der Waals surface area contributed by atoms with E-state index in [-0.39, 0.29) is 0 Å². The average molecular weight is 385 g/mol. The Kier molecular flexibility index (Phi) is 4.51. The molecule has 2 saturated carbocycles. The molecule has 5 aliphatic carbocycles. The van der Waals surface area contributed by atoms with Crippen molar-refractivity contribution in [2.45, 2.75) is 76.7 Å². The third-order valence-corrected chi connectivity index (χ3v) is 8.16. The van der Waals surface area contributed by atoms with E-state index >= 15 is 0 Å². The van der Waals surface area contributed by atoms with Crippen LogP contribution in [-0.2, 0) is 17.6 Å². The van der Waals surface area contributed by atoms with Crippen LogP contribution in [0, 0.1) is 11.8 Å². The molecule has 0 radical (unpaired) electrons. The minimum atomic E-state index is 0.432. The Hall–Kier alpha value is -2.02. The lowest BCUT2D eigenvalue weighted by Gasteiger charge is -2.38. The smallest absolute Gasteiger partial charge is 0.116 e. The molecular weight excluding hydrogens is 352 g/mol. The van der Waals surface area contributed by atoms with Gasteiger partial charge in [-0.05, 0) is 108 Å². The molecule has 1 nitrogen and oxygen atoms in total. The zero-order valence-electron chi connectivity index (χ0n) is 17.5. The highest BCUT2D eigenvalue weighted by Crippen LogP contribution is 2.41. The Morgan fingerprint density at radius 2 is 1.66 bits per heavy atom. The Bertz CT molecular complexity index is 1020. The zero-order chi connectivity index (χ0) is 19.2. The molecule has 0 heterocycles. The molecule has 0 aromatic heterocycles. The van der Waals surface area contributed by atoms with Gasteiger partial charge in [-0.25, -0.2) is 0 Å². The second-order valence-electron chi connectivity index (χ2n) is 9.75. The van der Waals surface area contributed by atoms with Crippen LogP contribution in [0.25, 0.3) is 11.6 Å². The second-order valence-corrected chi connectivity index (χ2v) is 9.75. The van der Waals surface area contributed by atoms with E-state index < -0.39 is 0 Å². The van der Waals surface area contributed by atoms with Gasteiger partial charge < -0.3 is 4.74 Å². The predicted molar refractivity (Wildman–Crippen MR) is 120 cm³/mol. The van der Waals surface area contributed by atoms with Gasteiger partial charge in [-0.15, -0.1) is 0 Å². The van der Waals surface area contributed by atoms with Crippen molar-refractivity contribution in [2.75, 3.05) is 0 Å². The first kappa shape index (κ1) is 17.8. The number of fused-ring (bicyclic) bond motifs is 4. The molecule has 150 valence electrons. The number of ether oxygens (including phenoxy) is 1. The van der Waals surface area contributed by atoms with E-state index in [0.29, 0.717) is 6.10 Å². The lowest BCUT2D eigenvalue weighted by molar-refractivity contribution is 0.0505. The van der Waals surface area contributed by atoms with Crippen LogP contribution < -0.4 is 10.4 Å². The largest absolute Gasteiger partial charge is 0.491 e. The molecule has 0 atom stereocenters. The molecule has 0 N–H and O–H groups in total. The standard InChI is InChI=1S/C28H32O/c1-2-7-25-21(4-1)10-15-28-26-17-14-24(18-22(26)11-16-27(25)28)29-23-12-8-20(9-13-23)19-5-3-6-19/h2,7,10-11,14,16,18-20,23H,1,3-6,8-9,12-13,15,17H2. The summed E-state index contributed by atoms with van der Waals surface area (Å²) < 4.78 is 6.48. The van der Waals surface area contributed by atoms with Gasteiger partial charge in [0.2, 0.25) is 0 Å². The van der Waals surface area contributed by atoms with Gasteiger partial charge in [-0.2, -0.15) is 0 Å². The van der Waals surface area contributed by atoms with Crippen molar-refractivity contribution in [2.24, 2.45) is 11.8 Å². The van der Waals surface area contributed by atoms with Gasteiger partial charge in [-0.1, -0.05) is 49.6 Å². The van der Waals surface area contributed by atoms with Gasteiger partial charge in [0.1, 0.15) is 5.76 Å². The highest BCUT2D eigenvalue weighted by Gasteiger charge is 2.31. The molecule has 1 aromatic rings. The third kappa shape index (κ3) is 3.23. The van der Waals surface area contributed by atoms with Crippen LogP contribution in [0.4, 0.5) is 0 Å². The summed E-state index contributed by atoms with van der Waals surface area (Å²) in [5, 5.41) is 2.85. The van der Waals surface area contributed by atoms with Gasteiger partial charge >= 0.3 is 0 Å². The van der Waals surface area contributed by atoms with Gasteiger partial charge in [-0.3, -0.25) is 0 Å². The Balaban J connectivity index is 1.21. The molecule has 0 bridgehead atoms. The summed E-state index contributed by atoms with van der Waals surface area (Å²) in [6.45, 7) is 0. The van der Waals surface area contributed by atoms with E-state index in [1.54, 1.807) is 11.1 Å². The number of hydrogen-bond acceptors (Lipinski definition) is 1. The summed E-state index contributed by atoms with van der Waals surface area (Å²) >= 11 is 0. The summed E-state index contributed by atoms with van der Waals surface area (Å²) in [7, 11) is 0. The molecule has 1 aromatic carbocycles. The fraction of sp³-hybridized carbons (Fsp3) is 0.500. The van der Waals surface area contributed by atoms with Crippen molar-refractivity contribution in [3.05, 3.63) is 69.3 Å². The maximum absolute atomic E-state index is 6.48. The highest BCUT2D eigenvalue weighted by atomic mass is 16.5. The third-order valence-electron chi connectivity index (χ3n) is 8.16. The number of hydrogen-bond donors (Lipinski definition) is 0. The van der Waals surface area contributed by atoms with Crippen molar-refractivity contribution in [1.82, 2.24) is 0 Å². The maximum atomic E-state index is 6.48. The van der Waals surface area contributed by atoms with Crippen LogP contribution >= 0.6 is 0 Å². The first-order valence-electron chi connectivity index (χ1n) is 11.9. The fourth-order valence-corrected chi connectivity index (χ4v) is 6.23. The summed E-state index contributed by atoms with van der Waals surface area (Å²) in [5.41, 5.74) is 6.08. The van der Waals surface area contributed by atoms with E-state index in [9.17, 15) is 0 Å². The lowest BCUT2D eigenvalue weighted by Crippen LogP contribution is -2.30. The first-order valence-corrected chi connectivity index (χ1v) is 11.9. The lowest BCUT2D eigenvalue weighted by atomic mass is 9.70. The molecule has 5 aliphatic rings. The molecule has 29 heavy (non-hydrogen) atoms. The highest BCUT2D eigenvalue weighted by molar-refractivity contribution is 5.76. The molecule has 0 aliphatic heterocycles. The van der Waals surface area contributed by atoms with Crippen LogP contribution in [0.2, 0.25) is 0 Å². The quantitative estimate of drug-likeness (QED) is 0.690. The van der Waals surface area contributed by atoms with E-state index in [2.05, 4.69) is 42.5 Å². The SMILES string of the molecule is C1=CC2=c3ccc4c(c3CC=C2CC1)CC=C(OC1CCC(C2CCC2)CC1)C=4. The van der Waals surface area contributed by atoms with Gasteiger partial charge in [0.15, 0.2) is 0 Å². The van der Waals surface area contributed by atoms with Crippen LogP contribution in [0.1, 0.15) is 68.9 Å². The van der Waals surface area contributed by atoms with Gasteiger partial charge in [0.25, 0.3) is 0 Å². The number of benzene rings is 1. The monoisotopic (exact) mass is 384 g/mol. The van der Waals surface area contributed by atoms with Crippen LogP contribution in [0.5, 0.6) is 0 Å². The molecule has 0 saturated heterocycles. The molecule has 2 fully saturated rings. The maximum Gasteiger partial charge on any atom is 0.116 e. The van der Waals surface area contributed by atoms with Crippen molar-refractivity contribution in [3.63, 3.8) is 0 Å². The molecular formula is C28H32O. The van der Waals surface area contributed by atoms with E-state index in [1.165, 1.54) is 79.4 Å². The summed E-state index contributed by atoms with van der Waals surface area (Å²) in [4.78, 5) is 0. The van der Waals surface area contributed by atoms with E-state index in [4.69, 9.17) is 4.74 Å². The van der Waals surface area contributed by atoms with Crippen molar-refractivity contribution in [1.29, 1.82) is 0 Å². The minimum absolute atomic E-state index is 0.432. The van der Waals surface area contributed by atoms with Crippen molar-refractivity contribution >= 4 is 11.6 Å². The Morgan fingerprint density at radius 3 is 2.48 bits per heavy atom. The van der Waals surface area contributed by atoms with Gasteiger partial charge in [0.05, 0.1) is 6.10 Å². The van der Waals surface area contributed by atoms with Crippen molar-refractivity contribution in [3.8, 4) is 0 Å². The molecule has 1 heteroatoms. The summed E-state index contributed by atoms with van der Waals surface area (Å²) in [6.07, 6.45) is 26.4. The van der Waals surface area contributed by atoms with Crippen molar-refractivity contribution < 1.29 is 4.74 Å². The predicted octanol–water partition coefficient (Wildman–Crippen LogP) is 5.27. The van der Waals surface area contributed by atoms with Crippen LogP contribution in [0.3, 0.4) is 0 Å².